The first-order valence-corrected chi connectivity index (χ1v) is 5.77. The maximum Gasteiger partial charge on any atom is 0.0937 e. The molecule has 0 rings (SSSR count). The molecule has 0 aliphatic carbocycles. The number of rotatable bonds is 5. The Labute approximate surface area is 73.7 Å². The van der Waals surface area contributed by atoms with Gasteiger partial charge in [-0.3, -0.25) is 0 Å². The molecular weight excluding hydrogens is 214 g/mol. The van der Waals surface area contributed by atoms with Gasteiger partial charge in [0, 0.05) is 17.6 Å². The third kappa shape index (κ3) is 4.41. The van der Waals surface area contributed by atoms with Crippen molar-refractivity contribution in [2.45, 2.75) is 13.3 Å². The van der Waals surface area contributed by atoms with Gasteiger partial charge in [-0.05, 0) is 13.5 Å². The molecule has 2 nitrogen and oxygen atoms in total. The SMILES string of the molecule is CCS(=O)N(C)CCCBr. The van der Waals surface area contributed by atoms with Crippen molar-refractivity contribution in [3.05, 3.63) is 0 Å². The molecule has 0 aromatic rings. The third-order valence-electron chi connectivity index (χ3n) is 1.20. The first-order valence-electron chi connectivity index (χ1n) is 3.38. The van der Waals surface area contributed by atoms with Crippen LogP contribution in [0, 0.1) is 0 Å². The molecule has 0 bridgehead atoms. The molecule has 0 aliphatic heterocycles. The van der Waals surface area contributed by atoms with Gasteiger partial charge in [-0.2, -0.15) is 0 Å². The summed E-state index contributed by atoms with van der Waals surface area (Å²) in [6.07, 6.45) is 1.06. The summed E-state index contributed by atoms with van der Waals surface area (Å²) in [5.74, 6) is 0.721. The molecule has 0 saturated heterocycles. The lowest BCUT2D eigenvalue weighted by Gasteiger charge is -2.12. The van der Waals surface area contributed by atoms with Crippen LogP contribution in [0.5, 0.6) is 0 Å². The zero-order valence-electron chi connectivity index (χ0n) is 6.47. The van der Waals surface area contributed by atoms with Crippen LogP contribution in [0.25, 0.3) is 0 Å². The maximum atomic E-state index is 11.0. The van der Waals surface area contributed by atoms with Crippen LogP contribution in [-0.4, -0.2) is 33.2 Å². The van der Waals surface area contributed by atoms with Crippen molar-refractivity contribution in [1.82, 2.24) is 4.31 Å². The molecule has 0 N–H and O–H groups in total. The lowest BCUT2D eigenvalue weighted by molar-refractivity contribution is 0.522. The molecule has 0 aromatic carbocycles. The zero-order valence-corrected chi connectivity index (χ0v) is 8.87. The fraction of sp³-hybridized carbons (Fsp3) is 1.00. The molecule has 0 spiro atoms. The van der Waals surface area contributed by atoms with Crippen LogP contribution in [0.1, 0.15) is 13.3 Å². The van der Waals surface area contributed by atoms with E-state index >= 15 is 0 Å². The summed E-state index contributed by atoms with van der Waals surface area (Å²) in [6.45, 7) is 2.84. The fourth-order valence-electron chi connectivity index (χ4n) is 0.605. The van der Waals surface area contributed by atoms with Crippen LogP contribution in [0.15, 0.2) is 0 Å². The van der Waals surface area contributed by atoms with Crippen LogP contribution in [0.4, 0.5) is 0 Å². The van der Waals surface area contributed by atoms with Crippen molar-refractivity contribution in [2.75, 3.05) is 24.7 Å². The van der Waals surface area contributed by atoms with E-state index in [1.807, 2.05) is 18.3 Å². The van der Waals surface area contributed by atoms with Crippen molar-refractivity contribution >= 4 is 26.9 Å². The van der Waals surface area contributed by atoms with Gasteiger partial charge in [-0.15, -0.1) is 0 Å². The predicted octanol–water partition coefficient (Wildman–Crippen LogP) is 1.39. The second-order valence-corrected chi connectivity index (χ2v) is 4.64. The van der Waals surface area contributed by atoms with Crippen molar-refractivity contribution in [3.8, 4) is 0 Å². The van der Waals surface area contributed by atoms with E-state index < -0.39 is 11.0 Å². The molecule has 0 aliphatic rings. The van der Waals surface area contributed by atoms with E-state index in [1.165, 1.54) is 0 Å². The van der Waals surface area contributed by atoms with E-state index in [9.17, 15) is 4.21 Å². The molecule has 1 atom stereocenters. The zero-order chi connectivity index (χ0) is 7.98. The van der Waals surface area contributed by atoms with Gasteiger partial charge in [0.25, 0.3) is 0 Å². The van der Waals surface area contributed by atoms with Crippen molar-refractivity contribution in [2.24, 2.45) is 0 Å². The van der Waals surface area contributed by atoms with Gasteiger partial charge in [0.15, 0.2) is 0 Å². The van der Waals surface area contributed by atoms with Crippen molar-refractivity contribution < 1.29 is 4.21 Å². The van der Waals surface area contributed by atoms with Gasteiger partial charge in [0.2, 0.25) is 0 Å². The van der Waals surface area contributed by atoms with E-state index in [0.29, 0.717) is 0 Å². The number of nitrogens with zero attached hydrogens (tertiary/aromatic N) is 1. The Morgan fingerprint density at radius 1 is 1.60 bits per heavy atom. The number of alkyl halides is 1. The molecule has 0 radical (unpaired) electrons. The van der Waals surface area contributed by atoms with Gasteiger partial charge in [0.05, 0.1) is 11.0 Å². The highest BCUT2D eigenvalue weighted by molar-refractivity contribution is 9.09. The molecular formula is C6H14BrNOS. The largest absolute Gasteiger partial charge is 0.243 e. The summed E-state index contributed by atoms with van der Waals surface area (Å²) in [6, 6.07) is 0. The van der Waals surface area contributed by atoms with Crippen molar-refractivity contribution in [3.63, 3.8) is 0 Å². The van der Waals surface area contributed by atoms with Gasteiger partial charge in [0.1, 0.15) is 0 Å². The first-order chi connectivity index (χ1) is 4.72. The molecule has 0 amide bonds. The molecule has 62 valence electrons. The highest BCUT2D eigenvalue weighted by atomic mass is 79.9. The van der Waals surface area contributed by atoms with Crippen LogP contribution < -0.4 is 0 Å². The van der Waals surface area contributed by atoms with Crippen LogP contribution in [0.3, 0.4) is 0 Å². The van der Waals surface area contributed by atoms with Crippen LogP contribution in [0.2, 0.25) is 0 Å². The smallest absolute Gasteiger partial charge is 0.0937 e. The molecule has 0 saturated carbocycles. The molecule has 4 heteroatoms. The summed E-state index contributed by atoms with van der Waals surface area (Å²) < 4.78 is 12.9. The van der Waals surface area contributed by atoms with Crippen LogP contribution >= 0.6 is 15.9 Å². The molecule has 1 unspecified atom stereocenters. The Morgan fingerprint density at radius 3 is 2.60 bits per heavy atom. The average molecular weight is 228 g/mol. The Hall–Kier alpha value is 0.590. The van der Waals surface area contributed by atoms with Gasteiger partial charge in [-0.1, -0.05) is 22.9 Å². The Bertz CT molecular complexity index is 110. The quantitative estimate of drug-likeness (QED) is 0.651. The normalized spacial score (nSPS) is 14.0. The van der Waals surface area contributed by atoms with E-state index in [0.717, 1.165) is 24.0 Å². The summed E-state index contributed by atoms with van der Waals surface area (Å²) in [5, 5.41) is 0.984. The fourth-order valence-corrected chi connectivity index (χ4v) is 1.63. The molecule has 0 fully saturated rings. The maximum absolute atomic E-state index is 11.0. The highest BCUT2D eigenvalue weighted by Crippen LogP contribution is 1.95. The monoisotopic (exact) mass is 227 g/mol. The lowest BCUT2D eigenvalue weighted by atomic mass is 10.5. The van der Waals surface area contributed by atoms with Gasteiger partial charge in [-0.25, -0.2) is 8.51 Å². The Balaban J connectivity index is 3.41. The van der Waals surface area contributed by atoms with E-state index in [4.69, 9.17) is 0 Å². The van der Waals surface area contributed by atoms with Crippen molar-refractivity contribution in [1.29, 1.82) is 0 Å². The van der Waals surface area contributed by atoms with E-state index in [2.05, 4.69) is 15.9 Å². The first kappa shape index (κ1) is 10.6. The minimum atomic E-state index is -0.761. The predicted molar refractivity (Wildman–Crippen MR) is 49.7 cm³/mol. The third-order valence-corrected chi connectivity index (χ3v) is 3.13. The summed E-state index contributed by atoms with van der Waals surface area (Å²) >= 11 is 3.32. The standard InChI is InChI=1S/C6H14BrNOS/c1-3-10(9)8(2)6-4-5-7/h3-6H2,1-2H3. The Kier molecular flexibility index (Phi) is 6.68. The van der Waals surface area contributed by atoms with E-state index in [1.54, 1.807) is 0 Å². The molecule has 0 heterocycles. The minimum absolute atomic E-state index is 0.721. The summed E-state index contributed by atoms with van der Waals surface area (Å²) in [4.78, 5) is 0. The average Bonchev–Trinajstić information content (AvgIpc) is 1.98. The summed E-state index contributed by atoms with van der Waals surface area (Å²) in [5.41, 5.74) is 0. The molecule has 0 aromatic heterocycles. The Morgan fingerprint density at radius 2 is 2.20 bits per heavy atom. The minimum Gasteiger partial charge on any atom is -0.243 e. The number of halogens is 1. The summed E-state index contributed by atoms with van der Waals surface area (Å²) in [7, 11) is 1.13. The van der Waals surface area contributed by atoms with Crippen LogP contribution in [-0.2, 0) is 11.0 Å². The van der Waals surface area contributed by atoms with E-state index in [-0.39, 0.29) is 0 Å². The van der Waals surface area contributed by atoms with Gasteiger partial charge >= 0.3 is 0 Å². The lowest BCUT2D eigenvalue weighted by Crippen LogP contribution is -2.23. The number of hydrogen-bond donors (Lipinski definition) is 0. The number of hydrogen-bond acceptors (Lipinski definition) is 1. The second kappa shape index (κ2) is 6.31. The second-order valence-electron chi connectivity index (χ2n) is 2.00. The topological polar surface area (TPSA) is 20.3 Å². The molecule has 10 heavy (non-hydrogen) atoms. The highest BCUT2D eigenvalue weighted by Gasteiger charge is 2.02. The van der Waals surface area contributed by atoms with Gasteiger partial charge < -0.3 is 0 Å².